The van der Waals surface area contributed by atoms with Crippen molar-refractivity contribution in [3.63, 3.8) is 0 Å². The lowest BCUT2D eigenvalue weighted by molar-refractivity contribution is -0.385. The average molecular weight is 706 g/mol. The number of non-ortho nitro benzene ring substituents is 1. The Balaban J connectivity index is 0.00000280. The molecular formula is C34H43N9O6S. The van der Waals surface area contributed by atoms with E-state index in [0.717, 1.165) is 22.9 Å². The van der Waals surface area contributed by atoms with Gasteiger partial charge in [-0.25, -0.2) is 0 Å². The second-order valence-electron chi connectivity index (χ2n) is 8.90. The fourth-order valence-electron chi connectivity index (χ4n) is 3.45. The summed E-state index contributed by atoms with van der Waals surface area (Å²) in [5.74, 6) is -1.04. The summed E-state index contributed by atoms with van der Waals surface area (Å²) in [6, 6.07) is 16.4. The van der Waals surface area contributed by atoms with Gasteiger partial charge in [-0.05, 0) is 73.5 Å². The third-order valence-electron chi connectivity index (χ3n) is 5.86. The molecule has 0 aromatic heterocycles. The van der Waals surface area contributed by atoms with Gasteiger partial charge in [0.25, 0.3) is 15.8 Å². The molecule has 4 rings (SSSR count). The molecule has 0 spiro atoms. The molecule has 0 saturated carbocycles. The Kier molecular flexibility index (Phi) is 19.0. The Bertz CT molecular complexity index is 1930. The molecule has 4 aromatic rings. The van der Waals surface area contributed by atoms with Crippen LogP contribution in [0.4, 0.5) is 51.2 Å². The molecule has 16 heteroatoms. The third kappa shape index (κ3) is 12.8. The first-order chi connectivity index (χ1) is 23.8. The van der Waals surface area contributed by atoms with Crippen LogP contribution in [-0.2, 0) is 10.1 Å². The highest BCUT2D eigenvalue weighted by Gasteiger charge is 2.24. The number of phenolic OH excluding ortho intramolecular Hbond substituents is 1. The molecule has 4 aromatic carbocycles. The summed E-state index contributed by atoms with van der Waals surface area (Å²) >= 11 is 0. The van der Waals surface area contributed by atoms with E-state index in [1.165, 1.54) is 12.1 Å². The van der Waals surface area contributed by atoms with Crippen LogP contribution in [0.2, 0.25) is 0 Å². The third-order valence-corrected chi connectivity index (χ3v) is 6.73. The first-order valence-corrected chi connectivity index (χ1v) is 16.4. The Hall–Kier alpha value is -6.13. The number of azo groups is 3. The largest absolute Gasteiger partial charge is 0.504 e. The van der Waals surface area contributed by atoms with Gasteiger partial charge in [0.05, 0.1) is 33.4 Å². The minimum absolute atomic E-state index is 0.0143. The van der Waals surface area contributed by atoms with E-state index in [1.807, 2.05) is 59.7 Å². The van der Waals surface area contributed by atoms with Crippen molar-refractivity contribution in [1.82, 2.24) is 0 Å². The van der Waals surface area contributed by atoms with Gasteiger partial charge in [-0.3, -0.25) is 14.7 Å². The molecule has 0 amide bonds. The zero-order valence-electron chi connectivity index (χ0n) is 28.9. The van der Waals surface area contributed by atoms with Gasteiger partial charge in [-0.1, -0.05) is 33.8 Å². The average Bonchev–Trinajstić information content (AvgIpc) is 3.11. The van der Waals surface area contributed by atoms with Crippen molar-refractivity contribution in [2.24, 2.45) is 30.7 Å². The Morgan fingerprint density at radius 2 is 1.06 bits per heavy atom. The van der Waals surface area contributed by atoms with Crippen molar-refractivity contribution < 1.29 is 23.0 Å². The summed E-state index contributed by atoms with van der Waals surface area (Å²) in [5.41, 5.74) is 15.0. The summed E-state index contributed by atoms with van der Waals surface area (Å²) in [7, 11) is -5.01. The van der Waals surface area contributed by atoms with E-state index < -0.39 is 37.1 Å². The Morgan fingerprint density at radius 1 is 0.640 bits per heavy atom. The number of aromatic hydroxyl groups is 1. The number of hydrogen-bond donors (Lipinski definition) is 4. The Morgan fingerprint density at radius 3 is 1.52 bits per heavy atom. The molecule has 0 unspecified atom stereocenters. The molecule has 0 heterocycles. The first-order valence-electron chi connectivity index (χ1n) is 14.9. The van der Waals surface area contributed by atoms with Crippen LogP contribution in [0, 0.1) is 24.0 Å². The highest BCUT2D eigenvalue weighted by atomic mass is 32.2. The van der Waals surface area contributed by atoms with E-state index in [4.69, 9.17) is 11.5 Å². The number of benzene rings is 4. The molecule has 0 aliphatic carbocycles. The molecular weight excluding hydrogens is 662 g/mol. The lowest BCUT2D eigenvalue weighted by atomic mass is 10.1. The number of aryl methyl sites for hydroxylation is 2. The summed E-state index contributed by atoms with van der Waals surface area (Å²) in [6.45, 7) is 24.0. The summed E-state index contributed by atoms with van der Waals surface area (Å²) in [4.78, 5) is 9.15. The molecule has 0 aliphatic rings. The number of rotatable bonds is 8. The maximum absolute atomic E-state index is 11.5. The quantitative estimate of drug-likeness (QED) is 0.0342. The minimum atomic E-state index is -5.01. The lowest BCUT2D eigenvalue weighted by Gasteiger charge is -2.06. The van der Waals surface area contributed by atoms with Crippen molar-refractivity contribution in [2.75, 3.05) is 11.5 Å². The van der Waals surface area contributed by atoms with Gasteiger partial charge in [-0.15, -0.1) is 41.7 Å². The first kappa shape index (κ1) is 43.9. The van der Waals surface area contributed by atoms with E-state index in [9.17, 15) is 28.2 Å². The van der Waals surface area contributed by atoms with Crippen molar-refractivity contribution in [3.05, 3.63) is 114 Å². The van der Waals surface area contributed by atoms with Crippen LogP contribution in [0.3, 0.4) is 0 Å². The number of nitro benzene ring substituents is 1. The molecule has 50 heavy (non-hydrogen) atoms. The van der Waals surface area contributed by atoms with Crippen LogP contribution in [0.25, 0.3) is 0 Å². The standard InChI is InChI=1S/C26H23N9O6S.2C2H6.2C2H4/c1-14-3-4-18(9-15(14)2)31-29-16-5-7-17(8-6-16)30-32-22-13-23(21(28)12-20(22)27)33-34-24-10-19(35(37)38)11-25(26(24)36)42(39,40)41;4*1-2/h3-13,36H,27-28H2,1-2H3,(H,39,40,41);2*1-2H3;2*1-2H2. The lowest BCUT2D eigenvalue weighted by Crippen LogP contribution is -2.00. The maximum Gasteiger partial charge on any atom is 0.298 e. The molecule has 0 bridgehead atoms. The van der Waals surface area contributed by atoms with Gasteiger partial charge in [0.15, 0.2) is 5.75 Å². The predicted molar refractivity (Wildman–Crippen MR) is 200 cm³/mol. The smallest absolute Gasteiger partial charge is 0.298 e. The monoisotopic (exact) mass is 705 g/mol. The van der Waals surface area contributed by atoms with Gasteiger partial charge in [0, 0.05) is 12.1 Å². The minimum Gasteiger partial charge on any atom is -0.504 e. The summed E-state index contributed by atoms with van der Waals surface area (Å²) < 4.78 is 32.4. The van der Waals surface area contributed by atoms with Crippen LogP contribution in [0.15, 0.2) is 129 Å². The van der Waals surface area contributed by atoms with Gasteiger partial charge in [0.2, 0.25) is 0 Å². The highest BCUT2D eigenvalue weighted by molar-refractivity contribution is 7.86. The van der Waals surface area contributed by atoms with Gasteiger partial charge in [-0.2, -0.15) is 23.8 Å². The van der Waals surface area contributed by atoms with Gasteiger partial charge < -0.3 is 16.6 Å². The van der Waals surface area contributed by atoms with Gasteiger partial charge >= 0.3 is 0 Å². The van der Waals surface area contributed by atoms with E-state index >= 15 is 0 Å². The number of phenols is 1. The van der Waals surface area contributed by atoms with Crippen molar-refractivity contribution in [1.29, 1.82) is 0 Å². The topological polar surface area (TPSA) is 244 Å². The number of nitrogens with zero attached hydrogens (tertiary/aromatic N) is 7. The molecule has 6 N–H and O–H groups in total. The molecule has 0 radical (unpaired) electrons. The normalized spacial score (nSPS) is 10.5. The summed E-state index contributed by atoms with van der Waals surface area (Å²) in [5, 5.41) is 45.6. The molecule has 0 fully saturated rings. The summed E-state index contributed by atoms with van der Waals surface area (Å²) in [6.07, 6.45) is 0. The zero-order valence-corrected chi connectivity index (χ0v) is 29.7. The van der Waals surface area contributed by atoms with Crippen LogP contribution in [-0.4, -0.2) is 23.0 Å². The number of nitrogen functional groups attached to an aromatic ring is 2. The highest BCUT2D eigenvalue weighted by Crippen LogP contribution is 2.40. The number of hydrogen-bond acceptors (Lipinski definition) is 13. The number of nitro groups is 1. The van der Waals surface area contributed by atoms with Crippen LogP contribution in [0.1, 0.15) is 38.8 Å². The van der Waals surface area contributed by atoms with Crippen molar-refractivity contribution in [3.8, 4) is 5.75 Å². The van der Waals surface area contributed by atoms with Crippen LogP contribution < -0.4 is 11.5 Å². The second kappa shape index (κ2) is 21.7. The fraction of sp³-hybridized carbons (Fsp3) is 0.176. The Labute approximate surface area is 292 Å². The van der Waals surface area contributed by atoms with Crippen LogP contribution in [0.5, 0.6) is 5.75 Å². The number of nitrogens with two attached hydrogens (primary N) is 2. The molecule has 0 aliphatic heterocycles. The predicted octanol–water partition coefficient (Wildman–Crippen LogP) is 11.2. The molecule has 0 saturated heterocycles. The van der Waals surface area contributed by atoms with E-state index in [0.29, 0.717) is 17.4 Å². The van der Waals surface area contributed by atoms with Crippen molar-refractivity contribution in [2.45, 2.75) is 46.4 Å². The zero-order chi connectivity index (χ0) is 38.6. The van der Waals surface area contributed by atoms with Gasteiger partial charge in [0.1, 0.15) is 22.0 Å². The molecule has 266 valence electrons. The van der Waals surface area contributed by atoms with E-state index in [2.05, 4.69) is 57.0 Å². The SMILES string of the molecule is C=C.C=C.CC.CC.Cc1ccc(N=Nc2ccc(N=Nc3cc(N=Nc4cc([N+](=O)[O-])cc(S(=O)(=O)O)c4O)c(N)cc3N)cc2)cc1C. The maximum atomic E-state index is 11.5. The van der Waals surface area contributed by atoms with E-state index in [1.54, 1.807) is 24.3 Å². The molecule has 15 nitrogen and oxygen atoms in total. The fourth-order valence-corrected chi connectivity index (χ4v) is 4.07. The molecule has 0 atom stereocenters. The van der Waals surface area contributed by atoms with Crippen LogP contribution >= 0.6 is 0 Å². The number of anilines is 2. The van der Waals surface area contributed by atoms with Crippen molar-refractivity contribution >= 4 is 61.3 Å². The second-order valence-corrected chi connectivity index (χ2v) is 10.3. The van der Waals surface area contributed by atoms with E-state index in [-0.39, 0.29) is 22.7 Å².